The van der Waals surface area contributed by atoms with Gasteiger partial charge in [0, 0.05) is 48.0 Å². The average molecular weight is 486 g/mol. The van der Waals surface area contributed by atoms with Gasteiger partial charge in [0.2, 0.25) is 5.91 Å². The second-order valence-electron chi connectivity index (χ2n) is 9.07. The van der Waals surface area contributed by atoms with Gasteiger partial charge in [0.25, 0.3) is 5.91 Å². The monoisotopic (exact) mass is 485 g/mol. The first-order valence-corrected chi connectivity index (χ1v) is 12.4. The summed E-state index contributed by atoms with van der Waals surface area (Å²) in [5, 5.41) is 4.78. The number of nitrogens with zero attached hydrogens (tertiary/aromatic N) is 2. The molecule has 0 spiro atoms. The summed E-state index contributed by atoms with van der Waals surface area (Å²) in [4.78, 5) is 28.2. The van der Waals surface area contributed by atoms with Gasteiger partial charge in [0.1, 0.15) is 5.69 Å². The molecule has 5 nitrogen and oxygen atoms in total. The zero-order valence-electron chi connectivity index (χ0n) is 19.5. The Kier molecular flexibility index (Phi) is 6.87. The van der Waals surface area contributed by atoms with E-state index in [1.165, 1.54) is 0 Å². The Labute approximate surface area is 210 Å². The largest absolute Gasteiger partial charge is 0.352 e. The maximum atomic E-state index is 13.6. The number of benzene rings is 3. The summed E-state index contributed by atoms with van der Waals surface area (Å²) < 4.78 is 2.08. The summed E-state index contributed by atoms with van der Waals surface area (Å²) in [5.74, 6) is 0.0128. The van der Waals surface area contributed by atoms with Crippen molar-refractivity contribution in [2.24, 2.45) is 5.92 Å². The molecule has 1 N–H and O–H groups in total. The van der Waals surface area contributed by atoms with Crippen LogP contribution in [-0.2, 0) is 17.9 Å². The highest BCUT2D eigenvalue weighted by Gasteiger charge is 2.29. The molecule has 1 aliphatic heterocycles. The van der Waals surface area contributed by atoms with Gasteiger partial charge >= 0.3 is 0 Å². The lowest BCUT2D eigenvalue weighted by molar-refractivity contribution is -0.126. The lowest BCUT2D eigenvalue weighted by atomic mass is 9.95. The summed E-state index contributed by atoms with van der Waals surface area (Å²) in [6.07, 6.45) is 1.34. The predicted octanol–water partition coefficient (Wildman–Crippen LogP) is 5.51. The van der Waals surface area contributed by atoms with Crippen LogP contribution in [0.3, 0.4) is 0 Å². The minimum absolute atomic E-state index is 0.0123. The Hall–Kier alpha value is -3.57. The Balaban J connectivity index is 1.27. The first kappa shape index (κ1) is 23.2. The Morgan fingerprint density at radius 2 is 1.54 bits per heavy atom. The normalized spacial score (nSPS) is 14.3. The molecule has 2 heterocycles. The van der Waals surface area contributed by atoms with Gasteiger partial charge in [-0.2, -0.15) is 0 Å². The van der Waals surface area contributed by atoms with Crippen molar-refractivity contribution in [2.45, 2.75) is 25.9 Å². The highest BCUT2D eigenvalue weighted by atomic mass is 35.5. The number of fused-ring (bicyclic) bond motifs is 1. The van der Waals surface area contributed by atoms with Crippen LogP contribution < -0.4 is 5.32 Å². The number of likely N-dealkylation sites (tertiary alicyclic amines) is 1. The fourth-order valence-corrected chi connectivity index (χ4v) is 4.89. The number of rotatable bonds is 6. The third-order valence-electron chi connectivity index (χ3n) is 6.75. The van der Waals surface area contributed by atoms with E-state index in [-0.39, 0.29) is 17.7 Å². The molecule has 1 saturated heterocycles. The molecule has 3 aromatic carbocycles. The maximum Gasteiger partial charge on any atom is 0.270 e. The molecular formula is C29H28ClN3O2. The zero-order valence-corrected chi connectivity index (χ0v) is 20.2. The summed E-state index contributed by atoms with van der Waals surface area (Å²) in [6, 6.07) is 27.7. The van der Waals surface area contributed by atoms with Crippen LogP contribution >= 0.6 is 11.6 Å². The molecule has 1 aromatic heterocycles. The quantitative estimate of drug-likeness (QED) is 0.391. The van der Waals surface area contributed by atoms with Gasteiger partial charge in [-0.25, -0.2) is 0 Å². The molecule has 0 aliphatic carbocycles. The number of piperidine rings is 1. The first-order chi connectivity index (χ1) is 17.1. The number of carbonyl (C=O) groups excluding carboxylic acids is 2. The molecule has 4 aromatic rings. The topological polar surface area (TPSA) is 54.3 Å². The smallest absolute Gasteiger partial charge is 0.270 e. The summed E-state index contributed by atoms with van der Waals surface area (Å²) in [7, 11) is 0. The number of para-hydroxylation sites is 1. The van der Waals surface area contributed by atoms with Crippen LogP contribution in [0.1, 0.15) is 34.5 Å². The van der Waals surface area contributed by atoms with E-state index in [9.17, 15) is 9.59 Å². The van der Waals surface area contributed by atoms with E-state index in [4.69, 9.17) is 11.6 Å². The van der Waals surface area contributed by atoms with Crippen LogP contribution in [0.25, 0.3) is 10.9 Å². The molecule has 1 fully saturated rings. The number of aromatic nitrogens is 1. The van der Waals surface area contributed by atoms with E-state index in [1.54, 1.807) is 0 Å². The molecule has 1 aliphatic rings. The van der Waals surface area contributed by atoms with Gasteiger partial charge in [-0.15, -0.1) is 0 Å². The fourth-order valence-electron chi connectivity index (χ4n) is 4.77. The van der Waals surface area contributed by atoms with Crippen molar-refractivity contribution in [1.29, 1.82) is 0 Å². The Morgan fingerprint density at radius 1 is 0.857 bits per heavy atom. The van der Waals surface area contributed by atoms with Crippen molar-refractivity contribution in [1.82, 2.24) is 14.8 Å². The van der Waals surface area contributed by atoms with Crippen molar-refractivity contribution in [3.8, 4) is 0 Å². The molecule has 6 heteroatoms. The van der Waals surface area contributed by atoms with Crippen molar-refractivity contribution in [2.75, 3.05) is 13.1 Å². The zero-order chi connectivity index (χ0) is 24.2. The number of hydrogen-bond donors (Lipinski definition) is 1. The van der Waals surface area contributed by atoms with Gasteiger partial charge in [-0.1, -0.05) is 72.3 Å². The number of hydrogen-bond acceptors (Lipinski definition) is 2. The summed E-state index contributed by atoms with van der Waals surface area (Å²) in [6.45, 7) is 2.27. The molecule has 0 unspecified atom stereocenters. The molecule has 178 valence electrons. The molecular weight excluding hydrogens is 458 g/mol. The molecule has 0 atom stereocenters. The third-order valence-corrected chi connectivity index (χ3v) is 7.00. The standard InChI is InChI=1S/C29H28ClN3O2/c30-25-12-10-22(11-13-25)20-33-26-9-5-4-8-24(26)18-27(33)29(35)32-16-14-23(15-17-32)28(34)31-19-21-6-2-1-3-7-21/h1-13,18,23H,14-17,19-20H2,(H,31,34). The third kappa shape index (κ3) is 5.25. The maximum absolute atomic E-state index is 13.6. The van der Waals surface area contributed by atoms with Gasteiger partial charge in [0.15, 0.2) is 0 Å². The lowest BCUT2D eigenvalue weighted by Gasteiger charge is -2.31. The highest BCUT2D eigenvalue weighted by Crippen LogP contribution is 2.25. The first-order valence-electron chi connectivity index (χ1n) is 12.0. The summed E-state index contributed by atoms with van der Waals surface area (Å²) >= 11 is 6.06. The fraction of sp³-hybridized carbons (Fsp3) is 0.241. The van der Waals surface area contributed by atoms with Gasteiger partial charge in [-0.05, 0) is 48.2 Å². The molecule has 0 bridgehead atoms. The lowest BCUT2D eigenvalue weighted by Crippen LogP contribution is -2.43. The van der Waals surface area contributed by atoms with Crippen molar-refractivity contribution in [3.05, 3.63) is 107 Å². The molecule has 35 heavy (non-hydrogen) atoms. The van der Waals surface area contributed by atoms with Crippen LogP contribution in [0.5, 0.6) is 0 Å². The van der Waals surface area contributed by atoms with Crippen molar-refractivity contribution >= 4 is 34.3 Å². The number of amides is 2. The van der Waals surface area contributed by atoms with Crippen LogP contribution in [0.15, 0.2) is 84.9 Å². The van der Waals surface area contributed by atoms with E-state index in [0.717, 1.165) is 22.0 Å². The van der Waals surface area contributed by atoms with Crippen LogP contribution in [0.2, 0.25) is 5.02 Å². The number of carbonyl (C=O) groups is 2. The number of nitrogens with one attached hydrogen (secondary N) is 1. The Bertz CT molecular complexity index is 1320. The SMILES string of the molecule is O=C(NCc1ccccc1)C1CCN(C(=O)c2cc3ccccc3n2Cc2ccc(Cl)cc2)CC1. The second kappa shape index (κ2) is 10.4. The molecule has 0 saturated carbocycles. The van der Waals surface area contributed by atoms with Gasteiger partial charge < -0.3 is 14.8 Å². The highest BCUT2D eigenvalue weighted by molar-refractivity contribution is 6.30. The summed E-state index contributed by atoms with van der Waals surface area (Å²) in [5.41, 5.74) is 3.87. The minimum atomic E-state index is -0.0670. The van der Waals surface area contributed by atoms with E-state index in [1.807, 2.05) is 89.8 Å². The van der Waals surface area contributed by atoms with E-state index in [0.29, 0.717) is 49.7 Å². The van der Waals surface area contributed by atoms with E-state index in [2.05, 4.69) is 9.88 Å². The average Bonchev–Trinajstić information content (AvgIpc) is 3.27. The van der Waals surface area contributed by atoms with Crippen molar-refractivity contribution < 1.29 is 9.59 Å². The van der Waals surface area contributed by atoms with Gasteiger partial charge in [0.05, 0.1) is 0 Å². The predicted molar refractivity (Wildman–Crippen MR) is 139 cm³/mol. The van der Waals surface area contributed by atoms with Gasteiger partial charge in [-0.3, -0.25) is 9.59 Å². The molecule has 2 amide bonds. The Morgan fingerprint density at radius 3 is 2.29 bits per heavy atom. The van der Waals surface area contributed by atoms with Crippen LogP contribution in [0.4, 0.5) is 0 Å². The van der Waals surface area contributed by atoms with E-state index >= 15 is 0 Å². The second-order valence-corrected chi connectivity index (χ2v) is 9.51. The van der Waals surface area contributed by atoms with Crippen LogP contribution in [0, 0.1) is 5.92 Å². The van der Waals surface area contributed by atoms with Crippen molar-refractivity contribution in [3.63, 3.8) is 0 Å². The van der Waals surface area contributed by atoms with E-state index < -0.39 is 0 Å². The minimum Gasteiger partial charge on any atom is -0.352 e. The van der Waals surface area contributed by atoms with Crippen LogP contribution in [-0.4, -0.2) is 34.4 Å². The molecule has 5 rings (SSSR count). The molecule has 0 radical (unpaired) electrons. The number of halogens is 1.